The van der Waals surface area contributed by atoms with Gasteiger partial charge >= 0.3 is 18.0 Å². The first kappa shape index (κ1) is 55.2. The van der Waals surface area contributed by atoms with Crippen molar-refractivity contribution in [2.75, 3.05) is 32.7 Å². The Hall–Kier alpha value is -8.56. The van der Waals surface area contributed by atoms with Crippen LogP contribution in [0.5, 0.6) is 5.75 Å². The van der Waals surface area contributed by atoms with Gasteiger partial charge in [-0.15, -0.1) is 5.10 Å². The van der Waals surface area contributed by atoms with E-state index in [0.29, 0.717) is 40.8 Å². The summed E-state index contributed by atoms with van der Waals surface area (Å²) in [6.45, 7) is 3.84. The van der Waals surface area contributed by atoms with E-state index in [2.05, 4.69) is 54.0 Å². The second-order valence-corrected chi connectivity index (χ2v) is 19.6. The van der Waals surface area contributed by atoms with Gasteiger partial charge in [0.05, 0.1) is 44.7 Å². The van der Waals surface area contributed by atoms with Gasteiger partial charge in [-0.3, -0.25) is 25.2 Å². The van der Waals surface area contributed by atoms with Crippen LogP contribution in [0.25, 0.3) is 27.8 Å². The Labute approximate surface area is 443 Å². The van der Waals surface area contributed by atoms with Crippen LogP contribution in [-0.4, -0.2) is 76.7 Å². The number of phenols is 1. The highest BCUT2D eigenvalue weighted by molar-refractivity contribution is 7.92. The van der Waals surface area contributed by atoms with Crippen molar-refractivity contribution in [3.05, 3.63) is 137 Å². The Kier molecular flexibility index (Phi) is 19.3. The molecule has 0 bridgehead atoms. The molecular weight excluding hydrogens is 1020 g/mol. The number of unbranched alkanes of at least 4 members (excludes halogenated alkanes) is 9. The maximum atomic E-state index is 14.1. The van der Waals surface area contributed by atoms with E-state index in [9.17, 15) is 37.5 Å². The molecule has 20 nitrogen and oxygen atoms in total. The molecule has 6 aromatic carbocycles. The molecule has 7 N–H and O–H groups in total. The van der Waals surface area contributed by atoms with Gasteiger partial charge in [-0.05, 0) is 114 Å². The van der Waals surface area contributed by atoms with Crippen LogP contribution in [0.3, 0.4) is 0 Å². The quantitative estimate of drug-likeness (QED) is 0.0115. The van der Waals surface area contributed by atoms with E-state index in [0.717, 1.165) is 19.3 Å². The zero-order valence-corrected chi connectivity index (χ0v) is 43.2. The number of sulfonamides is 1. The van der Waals surface area contributed by atoms with Crippen molar-refractivity contribution >= 4 is 91.1 Å². The van der Waals surface area contributed by atoms with Gasteiger partial charge < -0.3 is 30.5 Å². The molecule has 0 saturated heterocycles. The standard InChI is InChI=1S/C54H57ClN10O10S/c1-3-4-5-6-7-8-9-10-11-14-29-74-52(69)35(2)75-53(70)36-23-28-47(55)48(30-36)59-51(68)46-33-45(43-21-12-13-22-44(43)49(46)67)50-61-63-64-65(50)41-19-15-17-39(31-41)57-54(71)58-40-18-16-20-42(32-40)76(72,73)62-38-26-24-37(25-27-38)60-56-34-66/h12-13,15-28,30-35,60,62,67H,3-11,14,29H2,1-2H3,(H,56,66)(H,59,68)(H2,57,58,71). The third-order valence-electron chi connectivity index (χ3n) is 11.9. The summed E-state index contributed by atoms with van der Waals surface area (Å²) < 4.78 is 41.1. The number of tetrazole rings is 1. The van der Waals surface area contributed by atoms with E-state index >= 15 is 0 Å². The average Bonchev–Trinajstić information content (AvgIpc) is 3.94. The van der Waals surface area contributed by atoms with Gasteiger partial charge in [-0.25, -0.2) is 22.8 Å². The zero-order chi connectivity index (χ0) is 54.0. The summed E-state index contributed by atoms with van der Waals surface area (Å²) in [4.78, 5) is 63.7. The topological polar surface area (TPSA) is 274 Å². The lowest BCUT2D eigenvalue weighted by molar-refractivity contribution is -0.153. The summed E-state index contributed by atoms with van der Waals surface area (Å²) in [6, 6.07) is 29.8. The Balaban J connectivity index is 0.998. The summed E-state index contributed by atoms with van der Waals surface area (Å²) in [5, 5.41) is 32.8. The number of nitrogens with one attached hydrogen (secondary N) is 6. The first-order valence-electron chi connectivity index (χ1n) is 24.6. The predicted octanol–water partition coefficient (Wildman–Crippen LogP) is 10.6. The fourth-order valence-corrected chi connectivity index (χ4v) is 9.31. The number of esters is 2. The molecule has 0 radical (unpaired) electrons. The molecule has 4 amide bonds. The van der Waals surface area contributed by atoms with Gasteiger partial charge in [0.15, 0.2) is 11.9 Å². The monoisotopic (exact) mass is 1070 g/mol. The second-order valence-electron chi connectivity index (χ2n) is 17.6. The molecule has 1 aromatic heterocycles. The number of halogens is 1. The minimum absolute atomic E-state index is 0.0108. The molecule has 76 heavy (non-hydrogen) atoms. The number of ether oxygens (including phenoxy) is 2. The first-order chi connectivity index (χ1) is 36.7. The van der Waals surface area contributed by atoms with Crippen LogP contribution in [-0.2, 0) is 29.1 Å². The number of fused-ring (bicyclic) bond motifs is 1. The molecule has 0 saturated carbocycles. The van der Waals surface area contributed by atoms with Crippen LogP contribution in [0.1, 0.15) is 98.8 Å². The third kappa shape index (κ3) is 14.8. The maximum absolute atomic E-state index is 14.1. The Morgan fingerprint density at radius 2 is 1.39 bits per heavy atom. The van der Waals surface area contributed by atoms with E-state index in [1.807, 2.05) is 0 Å². The lowest BCUT2D eigenvalue weighted by Crippen LogP contribution is -2.26. The summed E-state index contributed by atoms with van der Waals surface area (Å²) in [6.07, 6.45) is 10.6. The van der Waals surface area contributed by atoms with Gasteiger partial charge in [-0.2, -0.15) is 4.68 Å². The lowest BCUT2D eigenvalue weighted by atomic mass is 9.98. The van der Waals surface area contributed by atoms with Crippen molar-refractivity contribution in [2.45, 2.75) is 89.1 Å². The molecule has 396 valence electrons. The minimum atomic E-state index is -4.08. The number of urea groups is 1. The first-order valence-corrected chi connectivity index (χ1v) is 26.5. The molecule has 0 spiro atoms. The normalized spacial score (nSPS) is 11.5. The molecule has 7 rings (SSSR count). The van der Waals surface area contributed by atoms with Crippen molar-refractivity contribution < 1.29 is 47.0 Å². The zero-order valence-electron chi connectivity index (χ0n) is 41.7. The highest BCUT2D eigenvalue weighted by atomic mass is 35.5. The smallest absolute Gasteiger partial charge is 0.347 e. The summed E-state index contributed by atoms with van der Waals surface area (Å²) in [7, 11) is -4.08. The van der Waals surface area contributed by atoms with E-state index in [-0.39, 0.29) is 61.7 Å². The molecule has 0 aliphatic carbocycles. The number of rotatable bonds is 26. The Morgan fingerprint density at radius 1 is 0.737 bits per heavy atom. The van der Waals surface area contributed by atoms with Gasteiger partial charge in [0.1, 0.15) is 5.75 Å². The summed E-state index contributed by atoms with van der Waals surface area (Å²) >= 11 is 6.51. The predicted molar refractivity (Wildman–Crippen MR) is 290 cm³/mol. The van der Waals surface area contributed by atoms with E-state index < -0.39 is 40.0 Å². The van der Waals surface area contributed by atoms with Gasteiger partial charge in [0.2, 0.25) is 6.41 Å². The molecule has 1 heterocycles. The molecule has 1 atom stereocenters. The second kappa shape index (κ2) is 26.6. The van der Waals surface area contributed by atoms with Crippen LogP contribution in [0, 0.1) is 0 Å². The number of amides is 4. The van der Waals surface area contributed by atoms with Gasteiger partial charge in [0, 0.05) is 28.0 Å². The highest BCUT2D eigenvalue weighted by Crippen LogP contribution is 2.38. The SMILES string of the molecule is CCCCCCCCCCCCOC(=O)C(C)OC(=O)c1ccc(Cl)c(NC(=O)c2cc(-c3nnnn3-c3cccc(NC(=O)Nc4cccc(S(=O)(=O)Nc5ccc(NNC=O)cc5)c4)c3)c3ccccc3c2O)c1. The molecule has 0 aliphatic heterocycles. The van der Waals surface area contributed by atoms with Crippen LogP contribution < -0.4 is 31.5 Å². The number of benzene rings is 6. The van der Waals surface area contributed by atoms with Crippen LogP contribution >= 0.6 is 11.6 Å². The number of aromatic nitrogens is 4. The number of anilines is 5. The van der Waals surface area contributed by atoms with E-state index in [4.69, 9.17) is 21.1 Å². The summed E-state index contributed by atoms with van der Waals surface area (Å²) in [5.74, 6) is -2.54. The van der Waals surface area contributed by atoms with Crippen LogP contribution in [0.15, 0.2) is 126 Å². The fourth-order valence-electron chi connectivity index (χ4n) is 8.04. The highest BCUT2D eigenvalue weighted by Gasteiger charge is 2.25. The number of carbonyl (C=O) groups excluding carboxylic acids is 5. The molecule has 0 fully saturated rings. The third-order valence-corrected chi connectivity index (χ3v) is 13.7. The van der Waals surface area contributed by atoms with Crippen molar-refractivity contribution in [2.24, 2.45) is 0 Å². The number of hydrogen-bond donors (Lipinski definition) is 7. The van der Waals surface area contributed by atoms with Gasteiger partial charge in [0.25, 0.3) is 15.9 Å². The molecule has 7 aromatic rings. The number of phenolic OH excluding ortho intramolecular Hbond substituents is 1. The lowest BCUT2D eigenvalue weighted by Gasteiger charge is -2.15. The number of hydrazine groups is 1. The minimum Gasteiger partial charge on any atom is -0.506 e. The van der Waals surface area contributed by atoms with Gasteiger partial charge in [-0.1, -0.05) is 113 Å². The molecule has 1 unspecified atom stereocenters. The average molecular weight is 1070 g/mol. The van der Waals surface area contributed by atoms with E-state index in [1.165, 1.54) is 111 Å². The van der Waals surface area contributed by atoms with Crippen molar-refractivity contribution in [1.82, 2.24) is 25.6 Å². The Bertz CT molecular complexity index is 3300. The van der Waals surface area contributed by atoms with Crippen molar-refractivity contribution in [3.63, 3.8) is 0 Å². The van der Waals surface area contributed by atoms with Crippen molar-refractivity contribution in [1.29, 1.82) is 0 Å². The van der Waals surface area contributed by atoms with Crippen molar-refractivity contribution in [3.8, 4) is 22.8 Å². The number of nitrogens with zero attached hydrogens (tertiary/aromatic N) is 4. The number of carbonyl (C=O) groups is 5. The van der Waals surface area contributed by atoms with Crippen LogP contribution in [0.2, 0.25) is 5.02 Å². The number of hydrogen-bond acceptors (Lipinski definition) is 14. The van der Waals surface area contributed by atoms with E-state index in [1.54, 1.807) is 60.7 Å². The fraction of sp³-hybridized carbons (Fsp3) is 0.259. The van der Waals surface area contributed by atoms with Crippen LogP contribution in [0.4, 0.5) is 33.2 Å². The summed E-state index contributed by atoms with van der Waals surface area (Å²) in [5.41, 5.74) is 6.71. The Morgan fingerprint density at radius 3 is 2.11 bits per heavy atom. The molecule has 0 aliphatic rings. The number of aromatic hydroxyl groups is 1. The molecule has 22 heteroatoms. The largest absolute Gasteiger partial charge is 0.506 e. The maximum Gasteiger partial charge on any atom is 0.347 e. The molecular formula is C54H57ClN10O10S.